The normalized spacial score (nSPS) is 17.6. The molecule has 0 spiro atoms. The van der Waals surface area contributed by atoms with Crippen LogP contribution in [-0.4, -0.2) is 38.0 Å². The molecule has 0 aromatic heterocycles. The van der Waals surface area contributed by atoms with Gasteiger partial charge in [-0.2, -0.15) is 0 Å². The van der Waals surface area contributed by atoms with E-state index >= 15 is 0 Å². The summed E-state index contributed by atoms with van der Waals surface area (Å²) < 4.78 is 0. The average molecular weight is 259 g/mol. The van der Waals surface area contributed by atoms with Crippen molar-refractivity contribution in [1.82, 2.24) is 10.2 Å². The fourth-order valence-electron chi connectivity index (χ4n) is 2.65. The van der Waals surface area contributed by atoms with E-state index in [1.54, 1.807) is 0 Å². The molecular formula is C16H25N3. The minimum absolute atomic E-state index is 0.646. The highest BCUT2D eigenvalue weighted by Crippen LogP contribution is 2.33. The van der Waals surface area contributed by atoms with Gasteiger partial charge in [-0.3, -0.25) is 4.99 Å². The van der Waals surface area contributed by atoms with Crippen LogP contribution in [0, 0.1) is 0 Å². The molecule has 0 aliphatic heterocycles. The maximum Gasteiger partial charge on any atom is 0.193 e. The lowest BCUT2D eigenvalue weighted by molar-refractivity contribution is 0.457. The van der Waals surface area contributed by atoms with Crippen LogP contribution in [0.1, 0.15) is 36.8 Å². The SMILES string of the molecule is CCCCN(C)C(=NC)NCC1Cc2ccccc21. The van der Waals surface area contributed by atoms with Gasteiger partial charge in [0.15, 0.2) is 5.96 Å². The first kappa shape index (κ1) is 13.9. The molecule has 0 heterocycles. The summed E-state index contributed by atoms with van der Waals surface area (Å²) in [6, 6.07) is 8.73. The van der Waals surface area contributed by atoms with Crippen LogP contribution in [0.4, 0.5) is 0 Å². The van der Waals surface area contributed by atoms with Gasteiger partial charge < -0.3 is 10.2 Å². The van der Waals surface area contributed by atoms with Gasteiger partial charge in [0.2, 0.25) is 0 Å². The largest absolute Gasteiger partial charge is 0.356 e. The Hall–Kier alpha value is -1.51. The number of nitrogens with one attached hydrogen (secondary N) is 1. The van der Waals surface area contributed by atoms with Gasteiger partial charge in [0.1, 0.15) is 0 Å². The van der Waals surface area contributed by atoms with E-state index in [4.69, 9.17) is 0 Å². The summed E-state index contributed by atoms with van der Waals surface area (Å²) in [5.41, 5.74) is 3.00. The first-order valence-electron chi connectivity index (χ1n) is 7.25. The van der Waals surface area contributed by atoms with Gasteiger partial charge in [0.05, 0.1) is 0 Å². The third kappa shape index (κ3) is 3.28. The number of aliphatic imine (C=N–C) groups is 1. The fraction of sp³-hybridized carbons (Fsp3) is 0.562. The molecule has 1 N–H and O–H groups in total. The molecule has 3 heteroatoms. The number of hydrogen-bond donors (Lipinski definition) is 1. The molecule has 1 aliphatic carbocycles. The Kier molecular flexibility index (Phi) is 4.83. The summed E-state index contributed by atoms with van der Waals surface area (Å²) in [5, 5.41) is 3.50. The van der Waals surface area contributed by atoms with E-state index in [-0.39, 0.29) is 0 Å². The smallest absolute Gasteiger partial charge is 0.193 e. The second-order valence-electron chi connectivity index (χ2n) is 5.30. The Labute approximate surface area is 116 Å². The molecule has 104 valence electrons. The first-order valence-corrected chi connectivity index (χ1v) is 7.25. The Bertz CT molecular complexity index is 439. The van der Waals surface area contributed by atoms with Gasteiger partial charge in [-0.05, 0) is 24.0 Å². The number of hydrogen-bond acceptors (Lipinski definition) is 1. The molecule has 1 aliphatic rings. The lowest BCUT2D eigenvalue weighted by Gasteiger charge is -2.32. The number of nitrogens with zero attached hydrogens (tertiary/aromatic N) is 2. The van der Waals surface area contributed by atoms with E-state index in [2.05, 4.69) is 53.4 Å². The lowest BCUT2D eigenvalue weighted by atomic mass is 9.78. The van der Waals surface area contributed by atoms with Crippen molar-refractivity contribution in [2.24, 2.45) is 4.99 Å². The molecule has 0 fully saturated rings. The predicted molar refractivity (Wildman–Crippen MR) is 81.8 cm³/mol. The third-order valence-corrected chi connectivity index (χ3v) is 3.89. The number of rotatable bonds is 5. The number of unbranched alkanes of at least 4 members (excludes halogenated alkanes) is 1. The third-order valence-electron chi connectivity index (χ3n) is 3.89. The van der Waals surface area contributed by atoms with Gasteiger partial charge in [-0.15, -0.1) is 0 Å². The molecule has 1 atom stereocenters. The molecule has 19 heavy (non-hydrogen) atoms. The van der Waals surface area contributed by atoms with E-state index in [1.165, 1.54) is 30.4 Å². The number of benzene rings is 1. The topological polar surface area (TPSA) is 27.6 Å². The van der Waals surface area contributed by atoms with E-state index in [0.717, 1.165) is 19.0 Å². The zero-order valence-electron chi connectivity index (χ0n) is 12.3. The second kappa shape index (κ2) is 6.60. The molecule has 0 amide bonds. The van der Waals surface area contributed by atoms with Gasteiger partial charge in [0.25, 0.3) is 0 Å². The van der Waals surface area contributed by atoms with Crippen molar-refractivity contribution in [3.8, 4) is 0 Å². The molecule has 1 aromatic rings. The van der Waals surface area contributed by atoms with Crippen LogP contribution in [0.2, 0.25) is 0 Å². The van der Waals surface area contributed by atoms with E-state index < -0.39 is 0 Å². The summed E-state index contributed by atoms with van der Waals surface area (Å²) in [7, 11) is 3.97. The van der Waals surface area contributed by atoms with Crippen LogP contribution >= 0.6 is 0 Å². The van der Waals surface area contributed by atoms with Crippen molar-refractivity contribution in [2.75, 3.05) is 27.2 Å². The molecule has 0 saturated carbocycles. The zero-order valence-corrected chi connectivity index (χ0v) is 12.3. The Balaban J connectivity index is 1.82. The highest BCUT2D eigenvalue weighted by atomic mass is 15.3. The summed E-state index contributed by atoms with van der Waals surface area (Å²) in [6.45, 7) is 4.27. The molecule has 2 rings (SSSR count). The quantitative estimate of drug-likeness (QED) is 0.650. The van der Waals surface area contributed by atoms with E-state index in [9.17, 15) is 0 Å². The number of guanidine groups is 1. The van der Waals surface area contributed by atoms with Crippen molar-refractivity contribution in [3.05, 3.63) is 35.4 Å². The van der Waals surface area contributed by atoms with Crippen molar-refractivity contribution in [2.45, 2.75) is 32.1 Å². The average Bonchev–Trinajstić information content (AvgIpc) is 2.41. The van der Waals surface area contributed by atoms with Gasteiger partial charge in [-0.1, -0.05) is 37.6 Å². The van der Waals surface area contributed by atoms with E-state index in [1.807, 2.05) is 7.05 Å². The highest BCUT2D eigenvalue weighted by Gasteiger charge is 2.25. The molecule has 0 radical (unpaired) electrons. The Morgan fingerprint density at radius 2 is 2.21 bits per heavy atom. The lowest BCUT2D eigenvalue weighted by Crippen LogP contribution is -2.42. The molecule has 3 nitrogen and oxygen atoms in total. The van der Waals surface area contributed by atoms with Crippen LogP contribution in [0.25, 0.3) is 0 Å². The maximum atomic E-state index is 4.36. The Morgan fingerprint density at radius 3 is 2.89 bits per heavy atom. The molecule has 0 bridgehead atoms. The summed E-state index contributed by atoms with van der Waals surface area (Å²) in [4.78, 5) is 6.57. The minimum atomic E-state index is 0.646. The zero-order chi connectivity index (χ0) is 13.7. The summed E-state index contributed by atoms with van der Waals surface area (Å²) >= 11 is 0. The molecule has 1 aromatic carbocycles. The molecule has 0 saturated heterocycles. The van der Waals surface area contributed by atoms with Gasteiger partial charge in [0, 0.05) is 33.1 Å². The first-order chi connectivity index (χ1) is 9.26. The second-order valence-corrected chi connectivity index (χ2v) is 5.30. The van der Waals surface area contributed by atoms with Gasteiger partial charge >= 0.3 is 0 Å². The van der Waals surface area contributed by atoms with E-state index in [0.29, 0.717) is 5.92 Å². The standard InChI is InChI=1S/C16H25N3/c1-4-5-10-19(3)16(17-2)18-12-14-11-13-8-6-7-9-15(13)14/h6-9,14H,4-5,10-12H2,1-3H3,(H,17,18). The predicted octanol–water partition coefficient (Wildman–Crippen LogP) is 2.63. The minimum Gasteiger partial charge on any atom is -0.356 e. The van der Waals surface area contributed by atoms with Crippen LogP contribution in [0.5, 0.6) is 0 Å². The molecular weight excluding hydrogens is 234 g/mol. The monoisotopic (exact) mass is 259 g/mol. The van der Waals surface area contributed by atoms with Crippen molar-refractivity contribution < 1.29 is 0 Å². The van der Waals surface area contributed by atoms with Crippen LogP contribution < -0.4 is 5.32 Å². The summed E-state index contributed by atoms with van der Waals surface area (Å²) in [6.07, 6.45) is 3.62. The van der Waals surface area contributed by atoms with Crippen LogP contribution in [-0.2, 0) is 6.42 Å². The number of fused-ring (bicyclic) bond motifs is 1. The van der Waals surface area contributed by atoms with Crippen molar-refractivity contribution in [3.63, 3.8) is 0 Å². The van der Waals surface area contributed by atoms with Crippen LogP contribution in [0.3, 0.4) is 0 Å². The fourth-order valence-corrected chi connectivity index (χ4v) is 2.65. The van der Waals surface area contributed by atoms with Crippen molar-refractivity contribution in [1.29, 1.82) is 0 Å². The van der Waals surface area contributed by atoms with Gasteiger partial charge in [-0.25, -0.2) is 0 Å². The molecule has 1 unspecified atom stereocenters. The highest BCUT2D eigenvalue weighted by molar-refractivity contribution is 5.79. The van der Waals surface area contributed by atoms with Crippen LogP contribution in [0.15, 0.2) is 29.3 Å². The maximum absolute atomic E-state index is 4.36. The summed E-state index contributed by atoms with van der Waals surface area (Å²) in [5.74, 6) is 1.66. The Morgan fingerprint density at radius 1 is 1.42 bits per heavy atom. The van der Waals surface area contributed by atoms with Crippen molar-refractivity contribution >= 4 is 5.96 Å².